The highest BCUT2D eigenvalue weighted by atomic mass is 32.2. The molecule has 0 unspecified atom stereocenters. The first-order valence-corrected chi connectivity index (χ1v) is 12.0. The Kier molecular flexibility index (Phi) is 5.41. The second-order valence-electron chi connectivity index (χ2n) is 8.07. The Bertz CT molecular complexity index is 1200. The second kappa shape index (κ2) is 7.93. The van der Waals surface area contributed by atoms with Crippen LogP contribution in [0.15, 0.2) is 29.3 Å². The number of rotatable bonds is 5. The molecular weight excluding hydrogens is 434 g/mol. The van der Waals surface area contributed by atoms with Crippen molar-refractivity contribution in [3.05, 3.63) is 24.4 Å². The molecule has 3 amide bonds. The number of sulfone groups is 1. The van der Waals surface area contributed by atoms with Gasteiger partial charge in [0.05, 0.1) is 17.6 Å². The summed E-state index contributed by atoms with van der Waals surface area (Å²) in [6, 6.07) is 4.39. The summed E-state index contributed by atoms with van der Waals surface area (Å²) in [5.41, 5.74) is 1.48. The number of likely N-dealkylation sites (N-methyl/N-ethyl adjacent to an activating group) is 1. The highest BCUT2D eigenvalue weighted by Crippen LogP contribution is 2.33. The van der Waals surface area contributed by atoms with Crippen LogP contribution in [-0.4, -0.2) is 69.3 Å². The molecule has 0 saturated carbocycles. The zero-order valence-corrected chi connectivity index (χ0v) is 19.1. The Morgan fingerprint density at radius 1 is 1.19 bits per heavy atom. The second-order valence-corrected chi connectivity index (χ2v) is 10.1. The van der Waals surface area contributed by atoms with Crippen LogP contribution in [0.25, 0.3) is 0 Å². The number of fused-ring (bicyclic) bond motifs is 1. The van der Waals surface area contributed by atoms with Crippen LogP contribution in [0.4, 0.5) is 33.6 Å². The van der Waals surface area contributed by atoms with Crippen LogP contribution in [-0.2, 0) is 14.6 Å². The lowest BCUT2D eigenvalue weighted by Gasteiger charge is -2.36. The van der Waals surface area contributed by atoms with E-state index in [1.54, 1.807) is 19.3 Å². The topological polar surface area (TPSA) is 128 Å². The zero-order valence-electron chi connectivity index (χ0n) is 18.3. The van der Waals surface area contributed by atoms with Crippen molar-refractivity contribution in [1.29, 1.82) is 0 Å². The summed E-state index contributed by atoms with van der Waals surface area (Å²) in [6.07, 6.45) is 2.68. The number of aromatic nitrogens is 2. The summed E-state index contributed by atoms with van der Waals surface area (Å²) >= 11 is 0. The average Bonchev–Trinajstić information content (AvgIpc) is 3.15. The van der Waals surface area contributed by atoms with Crippen LogP contribution in [0.5, 0.6) is 0 Å². The lowest BCUT2D eigenvalue weighted by Crippen LogP contribution is -2.47. The molecule has 1 fully saturated rings. The number of urea groups is 1. The molecule has 0 bridgehead atoms. The van der Waals surface area contributed by atoms with Crippen LogP contribution in [0, 0.1) is 0 Å². The highest BCUT2D eigenvalue weighted by molar-refractivity contribution is 7.90. The molecule has 32 heavy (non-hydrogen) atoms. The van der Waals surface area contributed by atoms with Crippen LogP contribution < -0.4 is 25.3 Å². The maximum Gasteiger partial charge on any atom is 0.321 e. The minimum absolute atomic E-state index is 0.0444. The molecule has 1 saturated heterocycles. The lowest BCUT2D eigenvalue weighted by atomic mass is 10.2. The fraction of sp³-hybridized carbons (Fsp3) is 0.400. The van der Waals surface area contributed by atoms with Crippen molar-refractivity contribution in [1.82, 2.24) is 15.3 Å². The Balaban J connectivity index is 1.73. The van der Waals surface area contributed by atoms with Crippen LogP contribution in [0.3, 0.4) is 0 Å². The number of amides is 3. The number of hydrogen-bond donors (Lipinski definition) is 2. The molecular formula is C20H25N7O4S. The third-order valence-corrected chi connectivity index (χ3v) is 6.52. The van der Waals surface area contributed by atoms with Gasteiger partial charge in [-0.2, -0.15) is 4.98 Å². The molecule has 11 nitrogen and oxygen atoms in total. The molecule has 2 aromatic rings. The van der Waals surface area contributed by atoms with Gasteiger partial charge in [0, 0.05) is 43.8 Å². The maximum absolute atomic E-state index is 12.3. The third kappa shape index (κ3) is 4.05. The van der Waals surface area contributed by atoms with E-state index in [0.717, 1.165) is 6.26 Å². The SMILES string of the molecule is CC(C)N1CC(=O)N(C)c2cnc(Nc3cc(N4CCNC4=O)cc(S(C)(=O)=O)c3)nc21. The summed E-state index contributed by atoms with van der Waals surface area (Å²) in [7, 11) is -1.85. The normalized spacial score (nSPS) is 16.5. The van der Waals surface area contributed by atoms with Crippen molar-refractivity contribution in [2.45, 2.75) is 24.8 Å². The molecule has 0 radical (unpaired) electrons. The predicted octanol–water partition coefficient (Wildman–Crippen LogP) is 1.34. The number of nitrogens with one attached hydrogen (secondary N) is 2. The van der Waals surface area contributed by atoms with Gasteiger partial charge in [-0.15, -0.1) is 0 Å². The van der Waals surface area contributed by atoms with Gasteiger partial charge in [-0.05, 0) is 32.0 Å². The minimum atomic E-state index is -3.53. The summed E-state index contributed by atoms with van der Waals surface area (Å²) in [4.78, 5) is 38.3. The Morgan fingerprint density at radius 2 is 1.94 bits per heavy atom. The molecule has 1 aromatic heterocycles. The number of carbonyl (C=O) groups excluding carboxylic acids is 2. The fourth-order valence-electron chi connectivity index (χ4n) is 3.64. The average molecular weight is 460 g/mol. The van der Waals surface area contributed by atoms with Crippen molar-refractivity contribution in [3.8, 4) is 0 Å². The van der Waals surface area contributed by atoms with Crippen molar-refractivity contribution in [3.63, 3.8) is 0 Å². The molecule has 0 spiro atoms. The van der Waals surface area contributed by atoms with Gasteiger partial charge in [-0.25, -0.2) is 18.2 Å². The predicted molar refractivity (Wildman–Crippen MR) is 122 cm³/mol. The van der Waals surface area contributed by atoms with Crippen molar-refractivity contribution >= 4 is 50.6 Å². The van der Waals surface area contributed by atoms with E-state index in [-0.39, 0.29) is 35.4 Å². The Hall–Kier alpha value is -3.41. The number of nitrogens with zero attached hydrogens (tertiary/aromatic N) is 5. The molecule has 2 N–H and O–H groups in total. The number of benzene rings is 1. The monoisotopic (exact) mass is 459 g/mol. The fourth-order valence-corrected chi connectivity index (χ4v) is 4.31. The van der Waals surface area contributed by atoms with E-state index >= 15 is 0 Å². The first-order chi connectivity index (χ1) is 15.0. The summed E-state index contributed by atoms with van der Waals surface area (Å²) < 4.78 is 24.5. The van der Waals surface area contributed by atoms with Crippen LogP contribution in [0.2, 0.25) is 0 Å². The molecule has 12 heteroatoms. The third-order valence-electron chi connectivity index (χ3n) is 5.43. The van der Waals surface area contributed by atoms with Gasteiger partial charge in [0.2, 0.25) is 11.9 Å². The van der Waals surface area contributed by atoms with E-state index in [4.69, 9.17) is 0 Å². The number of anilines is 5. The molecule has 2 aliphatic heterocycles. The quantitative estimate of drug-likeness (QED) is 0.686. The molecule has 4 rings (SSSR count). The number of hydrogen-bond acceptors (Lipinski definition) is 8. The first-order valence-electron chi connectivity index (χ1n) is 10.1. The van der Waals surface area contributed by atoms with E-state index in [2.05, 4.69) is 20.6 Å². The van der Waals surface area contributed by atoms with Gasteiger partial charge in [0.25, 0.3) is 0 Å². The molecule has 3 heterocycles. The summed E-state index contributed by atoms with van der Waals surface area (Å²) in [5, 5.41) is 5.76. The first kappa shape index (κ1) is 21.8. The van der Waals surface area contributed by atoms with E-state index < -0.39 is 9.84 Å². The lowest BCUT2D eigenvalue weighted by molar-refractivity contribution is -0.117. The zero-order chi connectivity index (χ0) is 23.2. The Morgan fingerprint density at radius 3 is 2.56 bits per heavy atom. The smallest absolute Gasteiger partial charge is 0.321 e. The summed E-state index contributed by atoms with van der Waals surface area (Å²) in [6.45, 7) is 5.07. The molecule has 2 aliphatic rings. The summed E-state index contributed by atoms with van der Waals surface area (Å²) in [5.74, 6) is 0.808. The highest BCUT2D eigenvalue weighted by Gasteiger charge is 2.30. The van der Waals surface area contributed by atoms with E-state index in [9.17, 15) is 18.0 Å². The van der Waals surface area contributed by atoms with Crippen LogP contribution >= 0.6 is 0 Å². The van der Waals surface area contributed by atoms with Gasteiger partial charge in [-0.3, -0.25) is 9.69 Å². The van der Waals surface area contributed by atoms with E-state index in [1.807, 2.05) is 18.7 Å². The molecule has 1 aromatic carbocycles. The Labute approximate surface area is 186 Å². The van der Waals surface area contributed by atoms with E-state index in [0.29, 0.717) is 36.0 Å². The van der Waals surface area contributed by atoms with Crippen LogP contribution in [0.1, 0.15) is 13.8 Å². The van der Waals surface area contributed by atoms with Gasteiger partial charge >= 0.3 is 6.03 Å². The minimum Gasteiger partial charge on any atom is -0.343 e. The molecule has 0 aliphatic carbocycles. The largest absolute Gasteiger partial charge is 0.343 e. The van der Waals surface area contributed by atoms with Crippen molar-refractivity contribution in [2.24, 2.45) is 0 Å². The van der Waals surface area contributed by atoms with Gasteiger partial charge < -0.3 is 20.4 Å². The maximum atomic E-state index is 12.3. The standard InChI is InChI=1S/C20H25N7O4S/c1-12(2)27-11-17(28)25(3)16-10-22-19(24-18(16)27)23-13-7-14(26-6-5-21-20(26)29)9-15(8-13)32(4,30)31/h7-10,12H,5-6,11H2,1-4H3,(H,21,29)(H,22,23,24). The van der Waals surface area contributed by atoms with Gasteiger partial charge in [0.1, 0.15) is 5.69 Å². The van der Waals surface area contributed by atoms with Crippen molar-refractivity contribution in [2.75, 3.05) is 53.0 Å². The van der Waals surface area contributed by atoms with Gasteiger partial charge in [-0.1, -0.05) is 0 Å². The molecule has 170 valence electrons. The van der Waals surface area contributed by atoms with E-state index in [1.165, 1.54) is 21.9 Å². The molecule has 0 atom stereocenters. The number of carbonyl (C=O) groups is 2. The van der Waals surface area contributed by atoms with Crippen molar-refractivity contribution < 1.29 is 18.0 Å². The van der Waals surface area contributed by atoms with Gasteiger partial charge in [0.15, 0.2) is 15.7 Å².